The smallest absolute Gasteiger partial charge is 0.329 e. The first kappa shape index (κ1) is 18.7. The van der Waals surface area contributed by atoms with Gasteiger partial charge in [-0.05, 0) is 42.8 Å². The van der Waals surface area contributed by atoms with Crippen molar-refractivity contribution in [2.24, 2.45) is 0 Å². The fraction of sp³-hybridized carbons (Fsp3) is 0.238. The fourth-order valence-electron chi connectivity index (χ4n) is 3.36. The molecule has 0 fully saturated rings. The van der Waals surface area contributed by atoms with Crippen LogP contribution in [0.25, 0.3) is 22.5 Å². The van der Waals surface area contributed by atoms with E-state index in [-0.39, 0.29) is 18.0 Å². The minimum Gasteiger partial charge on any atom is -0.423 e. The molecule has 0 bridgehead atoms. The topological polar surface area (TPSA) is 95.0 Å². The number of imidazole rings is 1. The lowest BCUT2D eigenvalue weighted by Gasteiger charge is -2.07. The van der Waals surface area contributed by atoms with Gasteiger partial charge in [0.15, 0.2) is 0 Å². The zero-order valence-electron chi connectivity index (χ0n) is 16.0. The van der Waals surface area contributed by atoms with Gasteiger partial charge < -0.3 is 9.73 Å². The molecule has 0 atom stereocenters. The molecule has 0 saturated heterocycles. The highest BCUT2D eigenvalue weighted by Crippen LogP contribution is 2.19. The van der Waals surface area contributed by atoms with Gasteiger partial charge in [0.1, 0.15) is 0 Å². The molecule has 0 aliphatic heterocycles. The molecular weight excluding hydrogens is 370 g/mol. The lowest BCUT2D eigenvalue weighted by atomic mass is 10.2. The molecule has 29 heavy (non-hydrogen) atoms. The van der Waals surface area contributed by atoms with Crippen molar-refractivity contribution in [3.63, 3.8) is 0 Å². The van der Waals surface area contributed by atoms with Gasteiger partial charge in [-0.2, -0.15) is 0 Å². The molecule has 4 rings (SSSR count). The zero-order chi connectivity index (χ0) is 20.2. The molecule has 8 nitrogen and oxygen atoms in total. The van der Waals surface area contributed by atoms with Gasteiger partial charge in [-0.3, -0.25) is 13.9 Å². The van der Waals surface area contributed by atoms with Crippen LogP contribution in [0.1, 0.15) is 19.8 Å². The molecule has 1 amide bonds. The van der Waals surface area contributed by atoms with Gasteiger partial charge in [0.05, 0.1) is 11.0 Å². The average Bonchev–Trinajstić information content (AvgIpc) is 3.35. The van der Waals surface area contributed by atoms with Crippen LogP contribution in [0.4, 0.5) is 5.69 Å². The molecule has 0 unspecified atom stereocenters. The molecule has 2 aromatic heterocycles. The first-order valence-electron chi connectivity index (χ1n) is 9.52. The molecule has 0 aliphatic rings. The second kappa shape index (κ2) is 8.14. The Kier molecular flexibility index (Phi) is 5.24. The summed E-state index contributed by atoms with van der Waals surface area (Å²) in [6, 6.07) is 14.8. The Morgan fingerprint density at radius 3 is 2.34 bits per heavy atom. The summed E-state index contributed by atoms with van der Waals surface area (Å²) in [6.07, 6.45) is 2.34. The molecule has 2 aromatic carbocycles. The zero-order valence-corrected chi connectivity index (χ0v) is 16.0. The van der Waals surface area contributed by atoms with Crippen LogP contribution in [-0.2, 0) is 17.9 Å². The predicted octanol–water partition coefficient (Wildman–Crippen LogP) is 3.29. The number of nitrogens with one attached hydrogen (secondary N) is 1. The number of benzene rings is 2. The number of amides is 1. The summed E-state index contributed by atoms with van der Waals surface area (Å²) in [5.41, 5.74) is 3.11. The maximum atomic E-state index is 12.8. The van der Waals surface area contributed by atoms with E-state index in [1.54, 1.807) is 33.4 Å². The van der Waals surface area contributed by atoms with Crippen molar-refractivity contribution in [1.82, 2.24) is 19.3 Å². The van der Waals surface area contributed by atoms with E-state index < -0.39 is 0 Å². The SMILES string of the molecule is CCCn1c(=O)n(CCC(=O)Nc2ccc(-c3nnco3)cc2)c2ccccc21. The number of hydrogen-bond acceptors (Lipinski definition) is 5. The summed E-state index contributed by atoms with van der Waals surface area (Å²) in [7, 11) is 0. The molecular formula is C21H21N5O3. The Labute approximate surface area is 166 Å². The van der Waals surface area contributed by atoms with Crippen molar-refractivity contribution in [2.75, 3.05) is 5.32 Å². The highest BCUT2D eigenvalue weighted by Gasteiger charge is 2.13. The third-order valence-corrected chi connectivity index (χ3v) is 4.71. The quantitative estimate of drug-likeness (QED) is 0.522. The summed E-state index contributed by atoms with van der Waals surface area (Å²) in [5.74, 6) is 0.264. The monoisotopic (exact) mass is 391 g/mol. The van der Waals surface area contributed by atoms with Gasteiger partial charge >= 0.3 is 5.69 Å². The number of aryl methyl sites for hydroxylation is 2. The highest BCUT2D eigenvalue weighted by molar-refractivity contribution is 5.91. The van der Waals surface area contributed by atoms with E-state index in [1.165, 1.54) is 6.39 Å². The number of carbonyl (C=O) groups is 1. The van der Waals surface area contributed by atoms with Gasteiger partial charge in [0.2, 0.25) is 18.2 Å². The normalized spacial score (nSPS) is 11.1. The summed E-state index contributed by atoms with van der Waals surface area (Å²) in [6.45, 7) is 3.02. The Balaban J connectivity index is 1.45. The molecule has 1 N–H and O–H groups in total. The number of aromatic nitrogens is 4. The maximum Gasteiger partial charge on any atom is 0.329 e. The lowest BCUT2D eigenvalue weighted by molar-refractivity contribution is -0.116. The van der Waals surface area contributed by atoms with Crippen molar-refractivity contribution in [3.05, 3.63) is 65.4 Å². The van der Waals surface area contributed by atoms with Crippen LogP contribution in [0.15, 0.2) is 64.1 Å². The third-order valence-electron chi connectivity index (χ3n) is 4.71. The van der Waals surface area contributed by atoms with E-state index in [0.29, 0.717) is 24.7 Å². The van der Waals surface area contributed by atoms with E-state index in [1.807, 2.05) is 31.2 Å². The molecule has 148 valence electrons. The van der Waals surface area contributed by atoms with Crippen LogP contribution in [0.3, 0.4) is 0 Å². The minimum absolute atomic E-state index is 0.0789. The Hall–Kier alpha value is -3.68. The van der Waals surface area contributed by atoms with Gasteiger partial charge in [0, 0.05) is 30.8 Å². The second-order valence-corrected chi connectivity index (χ2v) is 6.69. The molecule has 0 spiro atoms. The van der Waals surface area contributed by atoms with E-state index >= 15 is 0 Å². The van der Waals surface area contributed by atoms with Gasteiger partial charge in [-0.1, -0.05) is 19.1 Å². The number of hydrogen-bond donors (Lipinski definition) is 1. The Morgan fingerprint density at radius 1 is 1.03 bits per heavy atom. The average molecular weight is 391 g/mol. The Morgan fingerprint density at radius 2 is 1.72 bits per heavy atom. The van der Waals surface area contributed by atoms with E-state index in [4.69, 9.17) is 4.42 Å². The van der Waals surface area contributed by atoms with Crippen LogP contribution in [0, 0.1) is 0 Å². The van der Waals surface area contributed by atoms with E-state index in [0.717, 1.165) is 23.0 Å². The molecule has 0 saturated carbocycles. The number of para-hydroxylation sites is 2. The highest BCUT2D eigenvalue weighted by atomic mass is 16.4. The fourth-order valence-corrected chi connectivity index (χ4v) is 3.36. The van der Waals surface area contributed by atoms with Crippen LogP contribution >= 0.6 is 0 Å². The Bertz CT molecular complexity index is 1170. The van der Waals surface area contributed by atoms with Crippen molar-refractivity contribution in [2.45, 2.75) is 32.9 Å². The van der Waals surface area contributed by atoms with Gasteiger partial charge in [-0.15, -0.1) is 10.2 Å². The summed E-state index contributed by atoms with van der Waals surface area (Å²) in [4.78, 5) is 25.2. The maximum absolute atomic E-state index is 12.8. The van der Waals surface area contributed by atoms with Gasteiger partial charge in [0.25, 0.3) is 0 Å². The van der Waals surface area contributed by atoms with Crippen LogP contribution < -0.4 is 11.0 Å². The number of anilines is 1. The van der Waals surface area contributed by atoms with Crippen molar-refractivity contribution >= 4 is 22.6 Å². The largest absolute Gasteiger partial charge is 0.423 e. The minimum atomic E-state index is -0.158. The summed E-state index contributed by atoms with van der Waals surface area (Å²) < 4.78 is 8.59. The summed E-state index contributed by atoms with van der Waals surface area (Å²) in [5, 5.41) is 10.4. The predicted molar refractivity (Wildman–Crippen MR) is 109 cm³/mol. The lowest BCUT2D eigenvalue weighted by Crippen LogP contribution is -2.26. The molecule has 2 heterocycles. The van der Waals surface area contributed by atoms with E-state index in [9.17, 15) is 9.59 Å². The first-order valence-corrected chi connectivity index (χ1v) is 9.52. The summed E-state index contributed by atoms with van der Waals surface area (Å²) >= 11 is 0. The number of nitrogens with zero attached hydrogens (tertiary/aromatic N) is 4. The standard InChI is InChI=1S/C21H21N5O3/c1-2-12-25-17-5-3-4-6-18(17)26(21(25)28)13-11-19(27)23-16-9-7-15(8-10-16)20-24-22-14-29-20/h3-10,14H,2,11-13H2,1H3,(H,23,27). The van der Waals surface area contributed by atoms with Gasteiger partial charge in [-0.25, -0.2) is 4.79 Å². The second-order valence-electron chi connectivity index (χ2n) is 6.69. The third kappa shape index (κ3) is 3.82. The van der Waals surface area contributed by atoms with Crippen molar-refractivity contribution in [3.8, 4) is 11.5 Å². The van der Waals surface area contributed by atoms with Crippen LogP contribution in [-0.4, -0.2) is 25.2 Å². The van der Waals surface area contributed by atoms with Crippen molar-refractivity contribution < 1.29 is 9.21 Å². The molecule has 0 aliphatic carbocycles. The first-order chi connectivity index (χ1) is 14.2. The van der Waals surface area contributed by atoms with Crippen LogP contribution in [0.2, 0.25) is 0 Å². The number of rotatable bonds is 7. The van der Waals surface area contributed by atoms with Crippen molar-refractivity contribution in [1.29, 1.82) is 0 Å². The number of carbonyl (C=O) groups excluding carboxylic acids is 1. The van der Waals surface area contributed by atoms with Crippen LogP contribution in [0.5, 0.6) is 0 Å². The molecule has 8 heteroatoms. The molecule has 0 radical (unpaired) electrons. The number of fused-ring (bicyclic) bond motifs is 1. The van der Waals surface area contributed by atoms with E-state index in [2.05, 4.69) is 15.5 Å². The molecule has 4 aromatic rings.